The van der Waals surface area contributed by atoms with E-state index in [9.17, 15) is 4.79 Å². The van der Waals surface area contributed by atoms with Crippen molar-refractivity contribution in [3.63, 3.8) is 0 Å². The summed E-state index contributed by atoms with van der Waals surface area (Å²) in [6.07, 6.45) is 7.93. The van der Waals surface area contributed by atoms with Gasteiger partial charge in [0.15, 0.2) is 0 Å². The largest absolute Gasteiger partial charge is 0.497 e. The third kappa shape index (κ3) is 6.09. The van der Waals surface area contributed by atoms with Crippen molar-refractivity contribution in [3.05, 3.63) is 54.0 Å². The molecule has 5 rings (SSSR count). The van der Waals surface area contributed by atoms with Gasteiger partial charge in [-0.1, -0.05) is 12.8 Å². The molecule has 0 radical (unpaired) electrons. The summed E-state index contributed by atoms with van der Waals surface area (Å²) in [6, 6.07) is 12.0. The van der Waals surface area contributed by atoms with Crippen molar-refractivity contribution in [1.29, 1.82) is 0 Å². The fraction of sp³-hybridized carbons (Fsp3) is 0.533. The molecule has 2 aliphatic rings. The van der Waals surface area contributed by atoms with Crippen LogP contribution in [0.25, 0.3) is 10.9 Å². The van der Waals surface area contributed by atoms with Gasteiger partial charge in [-0.3, -0.25) is 4.79 Å². The number of hydrogen-bond acceptors (Lipinski definition) is 6. The van der Waals surface area contributed by atoms with Crippen LogP contribution in [0.1, 0.15) is 63.7 Å². The number of carbonyl (C=O) groups is 1. The van der Waals surface area contributed by atoms with E-state index in [4.69, 9.17) is 18.9 Å². The van der Waals surface area contributed by atoms with Crippen LogP contribution in [0.5, 0.6) is 5.75 Å². The molecule has 1 atom stereocenters. The second-order valence-corrected chi connectivity index (χ2v) is 11.0. The standard InChI is InChI=1S/C30H39N3O4/c1-30(2)19-23(12-16-37-30)29(34)33(21-26-9-8-15-36-26)20-24-17-22-10-11-25(35-3)18-27(22)31-28(24)32-13-6-4-5-7-14-32/h8-11,15,17-18,23H,4-7,12-14,16,19-21H2,1-3H3/t23-/m1/s1. The SMILES string of the molecule is COc1ccc2cc(CN(Cc3ccco3)C(=O)[C@@H]3CCOC(C)(C)C3)c(N3CCCCCC3)nc2c1. The first kappa shape index (κ1) is 25.6. The predicted octanol–water partition coefficient (Wildman–Crippen LogP) is 5.95. The third-order valence-corrected chi connectivity index (χ3v) is 7.63. The van der Waals surface area contributed by atoms with E-state index in [2.05, 4.69) is 30.9 Å². The number of amides is 1. The van der Waals surface area contributed by atoms with Crippen LogP contribution in [0, 0.1) is 5.92 Å². The van der Waals surface area contributed by atoms with Gasteiger partial charge in [-0.15, -0.1) is 0 Å². The Hall–Kier alpha value is -3.06. The molecule has 198 valence electrons. The zero-order valence-electron chi connectivity index (χ0n) is 22.4. The minimum Gasteiger partial charge on any atom is -0.497 e. The highest BCUT2D eigenvalue weighted by Gasteiger charge is 2.35. The molecule has 1 aromatic carbocycles. The number of ether oxygens (including phenoxy) is 2. The normalized spacial score (nSPS) is 20.0. The van der Waals surface area contributed by atoms with E-state index >= 15 is 0 Å². The summed E-state index contributed by atoms with van der Waals surface area (Å²) in [5.41, 5.74) is 1.69. The Morgan fingerprint density at radius 3 is 2.65 bits per heavy atom. The molecule has 0 N–H and O–H groups in total. The molecule has 37 heavy (non-hydrogen) atoms. The average Bonchev–Trinajstić information content (AvgIpc) is 3.26. The maximum atomic E-state index is 14.0. The molecule has 7 heteroatoms. The molecule has 0 unspecified atom stereocenters. The highest BCUT2D eigenvalue weighted by Crippen LogP contribution is 2.33. The number of rotatable bonds is 7. The lowest BCUT2D eigenvalue weighted by Gasteiger charge is -2.37. The lowest BCUT2D eigenvalue weighted by Crippen LogP contribution is -2.43. The number of nitrogens with zero attached hydrogens (tertiary/aromatic N) is 3. The molecule has 0 bridgehead atoms. The Morgan fingerprint density at radius 2 is 1.95 bits per heavy atom. The average molecular weight is 506 g/mol. The first-order valence-corrected chi connectivity index (χ1v) is 13.6. The van der Waals surface area contributed by atoms with Crippen molar-refractivity contribution < 1.29 is 18.7 Å². The van der Waals surface area contributed by atoms with Crippen molar-refractivity contribution in [1.82, 2.24) is 9.88 Å². The van der Waals surface area contributed by atoms with Crippen LogP contribution in [0.2, 0.25) is 0 Å². The van der Waals surface area contributed by atoms with Crippen molar-refractivity contribution in [2.45, 2.75) is 71.1 Å². The van der Waals surface area contributed by atoms with Crippen LogP contribution in [-0.2, 0) is 22.6 Å². The van der Waals surface area contributed by atoms with Crippen LogP contribution in [0.4, 0.5) is 5.82 Å². The van der Waals surface area contributed by atoms with Crippen LogP contribution in [0.15, 0.2) is 47.1 Å². The Bertz CT molecular complexity index is 1200. The summed E-state index contributed by atoms with van der Waals surface area (Å²) in [7, 11) is 1.68. The second-order valence-electron chi connectivity index (χ2n) is 11.0. The van der Waals surface area contributed by atoms with E-state index in [1.807, 2.05) is 29.2 Å². The number of benzene rings is 1. The maximum Gasteiger partial charge on any atom is 0.226 e. The number of aromatic nitrogens is 1. The lowest BCUT2D eigenvalue weighted by atomic mass is 9.87. The molecular weight excluding hydrogens is 466 g/mol. The van der Waals surface area contributed by atoms with E-state index in [1.54, 1.807) is 13.4 Å². The number of methoxy groups -OCH3 is 1. The number of hydrogen-bond donors (Lipinski definition) is 0. The smallest absolute Gasteiger partial charge is 0.226 e. The molecule has 0 spiro atoms. The van der Waals surface area contributed by atoms with Gasteiger partial charge in [-0.25, -0.2) is 4.98 Å². The fourth-order valence-corrected chi connectivity index (χ4v) is 5.69. The lowest BCUT2D eigenvalue weighted by molar-refractivity contribution is -0.147. The fourth-order valence-electron chi connectivity index (χ4n) is 5.69. The molecule has 0 aliphatic carbocycles. The van der Waals surface area contributed by atoms with Crippen molar-refractivity contribution >= 4 is 22.6 Å². The van der Waals surface area contributed by atoms with Gasteiger partial charge in [0.2, 0.25) is 5.91 Å². The zero-order valence-corrected chi connectivity index (χ0v) is 22.4. The number of fused-ring (bicyclic) bond motifs is 1. The van der Waals surface area contributed by atoms with Gasteiger partial charge in [0.25, 0.3) is 0 Å². The number of pyridine rings is 1. The highest BCUT2D eigenvalue weighted by atomic mass is 16.5. The summed E-state index contributed by atoms with van der Waals surface area (Å²) in [4.78, 5) is 23.5. The van der Waals surface area contributed by atoms with Crippen molar-refractivity contribution in [3.8, 4) is 5.75 Å². The van der Waals surface area contributed by atoms with E-state index in [0.717, 1.165) is 72.6 Å². The summed E-state index contributed by atoms with van der Waals surface area (Å²) < 4.78 is 17.1. The van der Waals surface area contributed by atoms with Crippen LogP contribution >= 0.6 is 0 Å². The van der Waals surface area contributed by atoms with Gasteiger partial charge in [0, 0.05) is 49.2 Å². The molecular formula is C30H39N3O4. The van der Waals surface area contributed by atoms with E-state index in [1.165, 1.54) is 12.8 Å². The molecule has 2 saturated heterocycles. The summed E-state index contributed by atoms with van der Waals surface area (Å²) in [5.74, 6) is 2.65. The van der Waals surface area contributed by atoms with Gasteiger partial charge in [-0.2, -0.15) is 0 Å². The quantitative estimate of drug-likeness (QED) is 0.395. The minimum absolute atomic E-state index is 0.0713. The Morgan fingerprint density at radius 1 is 1.14 bits per heavy atom. The Kier molecular flexibility index (Phi) is 7.70. The van der Waals surface area contributed by atoms with Gasteiger partial charge < -0.3 is 23.7 Å². The van der Waals surface area contributed by atoms with E-state index < -0.39 is 0 Å². The first-order valence-electron chi connectivity index (χ1n) is 13.6. The number of carbonyl (C=O) groups excluding carboxylic acids is 1. The van der Waals surface area contributed by atoms with Crippen molar-refractivity contribution in [2.24, 2.45) is 5.92 Å². The molecule has 1 amide bonds. The minimum atomic E-state index is -0.296. The van der Waals surface area contributed by atoms with Gasteiger partial charge in [0.1, 0.15) is 17.3 Å². The topological polar surface area (TPSA) is 68.0 Å². The number of furan rings is 1. The van der Waals surface area contributed by atoms with E-state index in [-0.39, 0.29) is 17.4 Å². The first-order chi connectivity index (χ1) is 17.9. The zero-order chi connectivity index (χ0) is 25.8. The summed E-state index contributed by atoms with van der Waals surface area (Å²) >= 11 is 0. The van der Waals surface area contributed by atoms with Crippen LogP contribution in [-0.4, -0.2) is 48.2 Å². The molecule has 7 nitrogen and oxygen atoms in total. The Balaban J connectivity index is 1.52. The van der Waals surface area contributed by atoms with E-state index in [0.29, 0.717) is 19.7 Å². The molecule has 4 heterocycles. The van der Waals surface area contributed by atoms with Crippen molar-refractivity contribution in [2.75, 3.05) is 31.7 Å². The monoisotopic (exact) mass is 505 g/mol. The molecule has 2 fully saturated rings. The highest BCUT2D eigenvalue weighted by molar-refractivity contribution is 5.84. The van der Waals surface area contributed by atoms with Gasteiger partial charge in [0.05, 0.1) is 31.0 Å². The number of anilines is 1. The maximum absolute atomic E-state index is 14.0. The van der Waals surface area contributed by atoms with Crippen LogP contribution < -0.4 is 9.64 Å². The predicted molar refractivity (Wildman–Crippen MR) is 145 cm³/mol. The Labute approximate surface area is 219 Å². The molecule has 2 aromatic heterocycles. The third-order valence-electron chi connectivity index (χ3n) is 7.63. The van der Waals surface area contributed by atoms with Gasteiger partial charge in [-0.05, 0) is 69.9 Å². The summed E-state index contributed by atoms with van der Waals surface area (Å²) in [6.45, 7) is 7.63. The molecule has 0 saturated carbocycles. The molecule has 2 aliphatic heterocycles. The summed E-state index contributed by atoms with van der Waals surface area (Å²) in [5, 5.41) is 1.05. The van der Waals surface area contributed by atoms with Gasteiger partial charge >= 0.3 is 0 Å². The second kappa shape index (κ2) is 11.1. The van der Waals surface area contributed by atoms with Crippen LogP contribution in [0.3, 0.4) is 0 Å². The molecule has 3 aromatic rings.